The summed E-state index contributed by atoms with van der Waals surface area (Å²) in [5.74, 6) is -1.04. The number of carbonyl (C=O) groups is 1. The molecule has 0 N–H and O–H groups in total. The monoisotopic (exact) mass is 227 g/mol. The first-order valence-corrected chi connectivity index (χ1v) is 4.68. The highest BCUT2D eigenvalue weighted by molar-refractivity contribution is 9.08. The summed E-state index contributed by atoms with van der Waals surface area (Å²) in [6, 6.07) is 7.40. The molecule has 0 spiro atoms. The van der Waals surface area contributed by atoms with Gasteiger partial charge in [0.15, 0.2) is 0 Å². The van der Waals surface area contributed by atoms with Crippen LogP contribution in [0.1, 0.15) is 11.1 Å². The molecule has 12 heavy (non-hydrogen) atoms. The van der Waals surface area contributed by atoms with Crippen LogP contribution < -0.4 is 5.11 Å². The van der Waals surface area contributed by atoms with Gasteiger partial charge in [-0.3, -0.25) is 0 Å². The lowest BCUT2D eigenvalue weighted by atomic mass is 10.1. The number of hydrogen-bond acceptors (Lipinski definition) is 2. The first-order chi connectivity index (χ1) is 5.74. The van der Waals surface area contributed by atoms with E-state index in [1.165, 1.54) is 0 Å². The van der Waals surface area contributed by atoms with Crippen molar-refractivity contribution in [1.82, 2.24) is 0 Å². The van der Waals surface area contributed by atoms with Crippen molar-refractivity contribution in [3.63, 3.8) is 0 Å². The maximum Gasteiger partial charge on any atom is 0.0458 e. The van der Waals surface area contributed by atoms with Crippen molar-refractivity contribution >= 4 is 21.9 Å². The van der Waals surface area contributed by atoms with Crippen LogP contribution in [0.3, 0.4) is 0 Å². The first kappa shape index (κ1) is 9.26. The van der Waals surface area contributed by atoms with Gasteiger partial charge in [-0.25, -0.2) is 0 Å². The average molecular weight is 228 g/mol. The Hall–Kier alpha value is -0.830. The smallest absolute Gasteiger partial charge is 0.0458 e. The Morgan fingerprint density at radius 2 is 1.92 bits per heavy atom. The summed E-state index contributed by atoms with van der Waals surface area (Å²) in [6.45, 7) is 0. The summed E-state index contributed by atoms with van der Waals surface area (Å²) in [5, 5.41) is 11.0. The van der Waals surface area contributed by atoms with E-state index < -0.39 is 5.97 Å². The molecule has 3 heteroatoms. The van der Waals surface area contributed by atoms with Gasteiger partial charge in [-0.1, -0.05) is 40.2 Å². The van der Waals surface area contributed by atoms with E-state index in [-0.39, 0.29) is 6.42 Å². The Labute approximate surface area is 79.3 Å². The molecule has 0 fully saturated rings. The third kappa shape index (κ3) is 2.34. The van der Waals surface area contributed by atoms with Gasteiger partial charge in [0.2, 0.25) is 0 Å². The number of halogens is 1. The molecular weight excluding hydrogens is 220 g/mol. The number of carboxylic acids is 1. The molecule has 0 aromatic heterocycles. The van der Waals surface area contributed by atoms with E-state index >= 15 is 0 Å². The van der Waals surface area contributed by atoms with Crippen molar-refractivity contribution < 1.29 is 9.90 Å². The molecule has 2 nitrogen and oxygen atoms in total. The first-order valence-electron chi connectivity index (χ1n) is 3.56. The number of alkyl halides is 1. The van der Waals surface area contributed by atoms with E-state index in [0.29, 0.717) is 5.33 Å². The van der Waals surface area contributed by atoms with Crippen LogP contribution in [-0.4, -0.2) is 5.97 Å². The fraction of sp³-hybridized carbons (Fsp3) is 0.222. The molecule has 0 atom stereocenters. The molecule has 0 radical (unpaired) electrons. The fourth-order valence-corrected chi connectivity index (χ4v) is 1.56. The van der Waals surface area contributed by atoms with E-state index in [0.717, 1.165) is 11.1 Å². The Bertz CT molecular complexity index is 284. The highest BCUT2D eigenvalue weighted by Crippen LogP contribution is 2.12. The molecule has 0 unspecified atom stereocenters. The molecule has 0 bridgehead atoms. The van der Waals surface area contributed by atoms with Crippen LogP contribution in [0.25, 0.3) is 0 Å². The SMILES string of the molecule is O=C([O-])Cc1ccccc1CBr. The second kappa shape index (κ2) is 4.26. The zero-order valence-electron chi connectivity index (χ0n) is 6.42. The van der Waals surface area contributed by atoms with Gasteiger partial charge in [-0.2, -0.15) is 0 Å². The van der Waals surface area contributed by atoms with Gasteiger partial charge < -0.3 is 9.90 Å². The Morgan fingerprint density at radius 1 is 1.33 bits per heavy atom. The van der Waals surface area contributed by atoms with E-state index in [4.69, 9.17) is 0 Å². The van der Waals surface area contributed by atoms with E-state index in [2.05, 4.69) is 15.9 Å². The van der Waals surface area contributed by atoms with Crippen molar-refractivity contribution in [2.45, 2.75) is 11.8 Å². The summed E-state index contributed by atoms with van der Waals surface area (Å²) < 4.78 is 0. The fourth-order valence-electron chi connectivity index (χ4n) is 1.02. The van der Waals surface area contributed by atoms with E-state index in [1.807, 2.05) is 18.2 Å². The number of carboxylic acid groups (broad SMARTS) is 1. The van der Waals surface area contributed by atoms with Gasteiger partial charge in [0.05, 0.1) is 0 Å². The second-order valence-corrected chi connectivity index (χ2v) is 3.01. The standard InChI is InChI=1S/C9H9BrO2/c10-6-8-4-2-1-3-7(8)5-9(11)12/h1-4H,5-6H2,(H,11,12)/p-1. The van der Waals surface area contributed by atoms with Gasteiger partial charge in [0, 0.05) is 17.7 Å². The summed E-state index contributed by atoms with van der Waals surface area (Å²) in [7, 11) is 0. The summed E-state index contributed by atoms with van der Waals surface area (Å²) >= 11 is 3.28. The highest BCUT2D eigenvalue weighted by Gasteiger charge is 1.99. The van der Waals surface area contributed by atoms with Crippen LogP contribution in [-0.2, 0) is 16.5 Å². The number of aliphatic carboxylic acids is 1. The molecule has 0 heterocycles. The number of hydrogen-bond donors (Lipinski definition) is 0. The van der Waals surface area contributed by atoms with E-state index in [9.17, 15) is 9.90 Å². The predicted octanol–water partition coefficient (Wildman–Crippen LogP) is 0.874. The quantitative estimate of drug-likeness (QED) is 0.720. The zero-order valence-corrected chi connectivity index (χ0v) is 8.00. The van der Waals surface area contributed by atoms with Crippen LogP contribution in [0, 0.1) is 0 Å². The molecule has 1 aromatic rings. The third-order valence-electron chi connectivity index (χ3n) is 1.60. The van der Waals surface area contributed by atoms with Crippen molar-refractivity contribution in [3.8, 4) is 0 Å². The molecule has 0 aliphatic carbocycles. The van der Waals surface area contributed by atoms with Crippen molar-refractivity contribution in [2.24, 2.45) is 0 Å². The van der Waals surface area contributed by atoms with Crippen LogP contribution in [0.15, 0.2) is 24.3 Å². The van der Waals surface area contributed by atoms with Crippen LogP contribution >= 0.6 is 15.9 Å². The Kier molecular flexibility index (Phi) is 3.29. The molecule has 0 aliphatic heterocycles. The summed E-state index contributed by atoms with van der Waals surface area (Å²) in [6.07, 6.45) is -0.0121. The molecule has 0 aliphatic rings. The normalized spacial score (nSPS) is 9.75. The van der Waals surface area contributed by atoms with Crippen molar-refractivity contribution in [1.29, 1.82) is 0 Å². The molecule has 0 amide bonds. The number of rotatable bonds is 3. The molecule has 0 saturated heterocycles. The maximum absolute atomic E-state index is 10.3. The van der Waals surface area contributed by atoms with Crippen LogP contribution in [0.2, 0.25) is 0 Å². The van der Waals surface area contributed by atoms with Crippen molar-refractivity contribution in [3.05, 3.63) is 35.4 Å². The predicted molar refractivity (Wildman–Crippen MR) is 47.8 cm³/mol. The topological polar surface area (TPSA) is 40.1 Å². The minimum absolute atomic E-state index is 0.0121. The number of carbonyl (C=O) groups excluding carboxylic acids is 1. The molecule has 1 aromatic carbocycles. The molecule has 0 saturated carbocycles. The lowest BCUT2D eigenvalue weighted by Crippen LogP contribution is -2.24. The minimum Gasteiger partial charge on any atom is -0.550 e. The van der Waals surface area contributed by atoms with Gasteiger partial charge in [0.1, 0.15) is 0 Å². The number of benzene rings is 1. The van der Waals surface area contributed by atoms with Crippen LogP contribution in [0.4, 0.5) is 0 Å². The maximum atomic E-state index is 10.3. The second-order valence-electron chi connectivity index (χ2n) is 2.45. The molecule has 1 rings (SSSR count). The summed E-state index contributed by atoms with van der Waals surface area (Å²) in [5.41, 5.74) is 1.82. The van der Waals surface area contributed by atoms with Gasteiger partial charge in [-0.15, -0.1) is 0 Å². The highest BCUT2D eigenvalue weighted by atomic mass is 79.9. The summed E-state index contributed by atoms with van der Waals surface area (Å²) in [4.78, 5) is 10.3. The lowest BCUT2D eigenvalue weighted by molar-refractivity contribution is -0.304. The van der Waals surface area contributed by atoms with E-state index in [1.54, 1.807) is 6.07 Å². The Balaban J connectivity index is 2.89. The minimum atomic E-state index is -1.04. The van der Waals surface area contributed by atoms with Gasteiger partial charge in [0.25, 0.3) is 0 Å². The van der Waals surface area contributed by atoms with Crippen LogP contribution in [0.5, 0.6) is 0 Å². The van der Waals surface area contributed by atoms with Gasteiger partial charge in [-0.05, 0) is 11.1 Å². The molecular formula is C9H8BrO2-. The van der Waals surface area contributed by atoms with Gasteiger partial charge >= 0.3 is 0 Å². The molecule has 64 valence electrons. The van der Waals surface area contributed by atoms with Crippen molar-refractivity contribution in [2.75, 3.05) is 0 Å². The zero-order chi connectivity index (χ0) is 8.97. The largest absolute Gasteiger partial charge is 0.550 e. The third-order valence-corrected chi connectivity index (χ3v) is 2.20. The Morgan fingerprint density at radius 3 is 2.42 bits per heavy atom. The average Bonchev–Trinajstić information content (AvgIpc) is 2.04. The lowest BCUT2D eigenvalue weighted by Gasteiger charge is -2.06.